The number of hydrogen-bond acceptors (Lipinski definition) is 3. The molecule has 2 N–H and O–H groups in total. The van der Waals surface area contributed by atoms with Crippen LogP contribution in [-0.2, 0) is 6.54 Å². The van der Waals surface area contributed by atoms with Crippen molar-refractivity contribution in [2.45, 2.75) is 47.2 Å². The van der Waals surface area contributed by atoms with Gasteiger partial charge in [0.05, 0.1) is 5.69 Å². The summed E-state index contributed by atoms with van der Waals surface area (Å²) in [6.07, 6.45) is 0. The summed E-state index contributed by atoms with van der Waals surface area (Å²) in [7, 11) is 0. The van der Waals surface area contributed by atoms with E-state index >= 15 is 0 Å². The fraction of sp³-hybridized carbons (Fsp3) is 0.615. The number of nitrogens with zero attached hydrogens (tertiary/aromatic N) is 1. The van der Waals surface area contributed by atoms with Crippen LogP contribution in [0.15, 0.2) is 12.1 Å². The van der Waals surface area contributed by atoms with Crippen LogP contribution in [0.1, 0.15) is 39.1 Å². The average Bonchev–Trinajstić information content (AvgIpc) is 2.17. The molecule has 0 aliphatic carbocycles. The molecular formula is C13H22N2O. The van der Waals surface area contributed by atoms with Gasteiger partial charge in [-0.25, -0.2) is 0 Å². The molecule has 3 nitrogen and oxygen atoms in total. The molecule has 0 saturated heterocycles. The predicted molar refractivity (Wildman–Crippen MR) is 66.4 cm³/mol. The molecule has 0 bridgehead atoms. The van der Waals surface area contributed by atoms with Crippen molar-refractivity contribution in [3.8, 4) is 5.75 Å². The minimum Gasteiger partial charge on any atom is -0.506 e. The Balaban J connectivity index is 2.64. The first-order valence-electron chi connectivity index (χ1n) is 5.69. The Kier molecular flexibility index (Phi) is 3.92. The summed E-state index contributed by atoms with van der Waals surface area (Å²) in [6, 6.07) is 3.88. The fourth-order valence-corrected chi connectivity index (χ4v) is 1.29. The van der Waals surface area contributed by atoms with Crippen molar-refractivity contribution in [1.82, 2.24) is 10.3 Å². The molecule has 1 unspecified atom stereocenters. The summed E-state index contributed by atoms with van der Waals surface area (Å²) in [5.41, 5.74) is 1.86. The first-order valence-corrected chi connectivity index (χ1v) is 5.69. The molecule has 0 spiro atoms. The number of hydrogen-bond donors (Lipinski definition) is 2. The van der Waals surface area contributed by atoms with Crippen molar-refractivity contribution in [1.29, 1.82) is 0 Å². The maximum Gasteiger partial charge on any atom is 0.138 e. The Morgan fingerprint density at radius 3 is 2.56 bits per heavy atom. The molecule has 16 heavy (non-hydrogen) atoms. The van der Waals surface area contributed by atoms with Crippen LogP contribution in [-0.4, -0.2) is 16.1 Å². The summed E-state index contributed by atoms with van der Waals surface area (Å²) >= 11 is 0. The monoisotopic (exact) mass is 222 g/mol. The van der Waals surface area contributed by atoms with Gasteiger partial charge in [-0.2, -0.15) is 0 Å². The summed E-state index contributed by atoms with van der Waals surface area (Å²) in [4.78, 5) is 4.31. The molecule has 0 amide bonds. The van der Waals surface area contributed by atoms with E-state index in [4.69, 9.17) is 0 Å². The van der Waals surface area contributed by atoms with E-state index in [-0.39, 0.29) is 11.2 Å². The van der Waals surface area contributed by atoms with E-state index in [9.17, 15) is 5.11 Å². The average molecular weight is 222 g/mol. The lowest BCUT2D eigenvalue weighted by molar-refractivity contribution is 0.283. The van der Waals surface area contributed by atoms with E-state index in [1.807, 2.05) is 13.0 Å². The molecule has 3 heteroatoms. The molecule has 0 fully saturated rings. The molecule has 0 radical (unpaired) electrons. The van der Waals surface area contributed by atoms with Gasteiger partial charge in [-0.3, -0.25) is 4.98 Å². The van der Waals surface area contributed by atoms with Crippen molar-refractivity contribution in [2.75, 3.05) is 0 Å². The van der Waals surface area contributed by atoms with Gasteiger partial charge in [0, 0.05) is 18.3 Å². The first-order chi connectivity index (χ1) is 7.30. The van der Waals surface area contributed by atoms with Crippen LogP contribution in [0.3, 0.4) is 0 Å². The van der Waals surface area contributed by atoms with E-state index in [1.165, 1.54) is 0 Å². The molecule has 1 aromatic rings. The molecular weight excluding hydrogens is 200 g/mol. The Labute approximate surface area is 97.9 Å². The van der Waals surface area contributed by atoms with Crippen molar-refractivity contribution in [3.05, 3.63) is 23.5 Å². The highest BCUT2D eigenvalue weighted by atomic mass is 16.3. The zero-order chi connectivity index (χ0) is 12.3. The third-order valence-electron chi connectivity index (χ3n) is 2.96. The van der Waals surface area contributed by atoms with Crippen molar-refractivity contribution in [3.63, 3.8) is 0 Å². The van der Waals surface area contributed by atoms with Crippen LogP contribution < -0.4 is 5.32 Å². The van der Waals surface area contributed by atoms with Crippen molar-refractivity contribution >= 4 is 0 Å². The van der Waals surface area contributed by atoms with Gasteiger partial charge >= 0.3 is 0 Å². The minimum absolute atomic E-state index is 0.208. The summed E-state index contributed by atoms with van der Waals surface area (Å²) in [5, 5.41) is 13.0. The van der Waals surface area contributed by atoms with Gasteiger partial charge in [0.15, 0.2) is 0 Å². The van der Waals surface area contributed by atoms with Crippen LogP contribution >= 0.6 is 0 Å². The van der Waals surface area contributed by atoms with Crippen LogP contribution in [0.5, 0.6) is 5.75 Å². The molecule has 0 aromatic carbocycles. The van der Waals surface area contributed by atoms with Crippen LogP contribution in [0.25, 0.3) is 0 Å². The van der Waals surface area contributed by atoms with Crippen LogP contribution in [0.4, 0.5) is 0 Å². The van der Waals surface area contributed by atoms with Crippen LogP contribution in [0, 0.1) is 12.3 Å². The second-order valence-corrected chi connectivity index (χ2v) is 5.39. The van der Waals surface area contributed by atoms with Crippen molar-refractivity contribution in [2.24, 2.45) is 5.41 Å². The number of aromatic nitrogens is 1. The fourth-order valence-electron chi connectivity index (χ4n) is 1.29. The SMILES string of the molecule is Cc1ccc(O)c(CNC(C)C(C)(C)C)n1. The Hall–Kier alpha value is -1.09. The lowest BCUT2D eigenvalue weighted by Gasteiger charge is -2.28. The highest BCUT2D eigenvalue weighted by Gasteiger charge is 2.19. The number of nitrogens with one attached hydrogen (secondary N) is 1. The highest BCUT2D eigenvalue weighted by molar-refractivity contribution is 5.27. The maximum absolute atomic E-state index is 9.65. The highest BCUT2D eigenvalue weighted by Crippen LogP contribution is 2.20. The second kappa shape index (κ2) is 4.83. The van der Waals surface area contributed by atoms with E-state index in [0.29, 0.717) is 12.6 Å². The van der Waals surface area contributed by atoms with Gasteiger partial charge in [-0.1, -0.05) is 20.8 Å². The smallest absolute Gasteiger partial charge is 0.138 e. The number of aryl methyl sites for hydroxylation is 1. The molecule has 1 aromatic heterocycles. The summed E-state index contributed by atoms with van der Waals surface area (Å²) in [6.45, 7) is 11.2. The maximum atomic E-state index is 9.65. The summed E-state index contributed by atoms with van der Waals surface area (Å²) in [5.74, 6) is 0.263. The second-order valence-electron chi connectivity index (χ2n) is 5.39. The van der Waals surface area contributed by atoms with Crippen LogP contribution in [0.2, 0.25) is 0 Å². The lowest BCUT2D eigenvalue weighted by Crippen LogP contribution is -2.37. The standard InChI is InChI=1S/C13H22N2O/c1-9-6-7-12(16)11(15-9)8-14-10(2)13(3,4)5/h6-7,10,14,16H,8H2,1-5H3. The zero-order valence-corrected chi connectivity index (χ0v) is 10.8. The molecule has 0 aliphatic heterocycles. The van der Waals surface area contributed by atoms with Gasteiger partial charge in [0.1, 0.15) is 5.75 Å². The molecule has 0 saturated carbocycles. The van der Waals surface area contributed by atoms with E-state index in [1.54, 1.807) is 6.07 Å². The van der Waals surface area contributed by atoms with E-state index < -0.39 is 0 Å². The topological polar surface area (TPSA) is 45.1 Å². The number of aromatic hydroxyl groups is 1. The Morgan fingerprint density at radius 1 is 1.38 bits per heavy atom. The summed E-state index contributed by atoms with van der Waals surface area (Å²) < 4.78 is 0. The van der Waals surface area contributed by atoms with Gasteiger partial charge in [0.25, 0.3) is 0 Å². The van der Waals surface area contributed by atoms with E-state index in [2.05, 4.69) is 38.0 Å². The molecule has 0 aliphatic rings. The Morgan fingerprint density at radius 2 is 2.00 bits per heavy atom. The Bertz CT molecular complexity index is 355. The molecule has 1 rings (SSSR count). The van der Waals surface area contributed by atoms with Crippen molar-refractivity contribution < 1.29 is 5.11 Å². The van der Waals surface area contributed by atoms with Gasteiger partial charge in [-0.15, -0.1) is 0 Å². The third kappa shape index (κ3) is 3.49. The largest absolute Gasteiger partial charge is 0.506 e. The molecule has 1 atom stereocenters. The van der Waals surface area contributed by atoms with Gasteiger partial charge < -0.3 is 10.4 Å². The number of pyridine rings is 1. The first kappa shape index (κ1) is 13.0. The lowest BCUT2D eigenvalue weighted by atomic mass is 9.88. The number of rotatable bonds is 3. The van der Waals surface area contributed by atoms with Gasteiger partial charge in [0.2, 0.25) is 0 Å². The normalized spacial score (nSPS) is 13.8. The minimum atomic E-state index is 0.208. The predicted octanol–water partition coefficient (Wildman–Crippen LogP) is 2.62. The third-order valence-corrected chi connectivity index (χ3v) is 2.96. The molecule has 90 valence electrons. The van der Waals surface area contributed by atoms with Gasteiger partial charge in [-0.05, 0) is 31.4 Å². The van der Waals surface area contributed by atoms with E-state index in [0.717, 1.165) is 11.4 Å². The zero-order valence-electron chi connectivity index (χ0n) is 10.8. The quantitative estimate of drug-likeness (QED) is 0.826. The molecule has 1 heterocycles.